The van der Waals surface area contributed by atoms with Gasteiger partial charge in [-0.05, 0) is 68.1 Å². The number of benzene rings is 2. The Bertz CT molecular complexity index is 783. The Balaban J connectivity index is 1.53. The summed E-state index contributed by atoms with van der Waals surface area (Å²) >= 11 is 0. The number of carbonyl (C=O) groups excluding carboxylic acids is 1. The Morgan fingerprint density at radius 1 is 1.04 bits per heavy atom. The maximum Gasteiger partial charge on any atom is 0.251 e. The minimum Gasteiger partial charge on any atom is -0.374 e. The van der Waals surface area contributed by atoms with Crippen LogP contribution in [-0.4, -0.2) is 44.0 Å². The Kier molecular flexibility index (Phi) is 5.44. The Morgan fingerprint density at radius 3 is 2.59 bits per heavy atom. The third-order valence-electron chi connectivity index (χ3n) is 5.91. The van der Waals surface area contributed by atoms with Crippen LogP contribution in [0.2, 0.25) is 0 Å². The lowest BCUT2D eigenvalue weighted by molar-refractivity contribution is 0.0938. The van der Waals surface area contributed by atoms with E-state index in [0.717, 1.165) is 31.6 Å². The van der Waals surface area contributed by atoms with E-state index in [1.54, 1.807) is 0 Å². The van der Waals surface area contributed by atoms with Crippen LogP contribution in [0.4, 0.5) is 5.69 Å². The molecule has 4 heteroatoms. The smallest absolute Gasteiger partial charge is 0.251 e. The molecule has 1 saturated heterocycles. The zero-order valence-electron chi connectivity index (χ0n) is 16.2. The molecule has 2 heterocycles. The van der Waals surface area contributed by atoms with Crippen molar-refractivity contribution in [1.29, 1.82) is 0 Å². The number of nitrogens with one attached hydrogen (secondary N) is 1. The van der Waals surface area contributed by atoms with Crippen molar-refractivity contribution in [2.45, 2.75) is 31.7 Å². The van der Waals surface area contributed by atoms with Gasteiger partial charge in [0.25, 0.3) is 5.91 Å². The van der Waals surface area contributed by atoms with Crippen LogP contribution in [0.1, 0.15) is 46.8 Å². The van der Waals surface area contributed by atoms with Crippen LogP contribution >= 0.6 is 0 Å². The molecule has 2 aromatic rings. The molecule has 0 saturated carbocycles. The largest absolute Gasteiger partial charge is 0.374 e. The van der Waals surface area contributed by atoms with Gasteiger partial charge >= 0.3 is 0 Å². The molecule has 0 spiro atoms. The molecule has 0 bridgehead atoms. The minimum atomic E-state index is 0.0116. The number of fused-ring (bicyclic) bond motifs is 1. The summed E-state index contributed by atoms with van der Waals surface area (Å²) in [4.78, 5) is 17.4. The highest BCUT2D eigenvalue weighted by Gasteiger charge is 2.25. The Labute approximate surface area is 162 Å². The van der Waals surface area contributed by atoms with Gasteiger partial charge in [-0.25, -0.2) is 0 Å². The van der Waals surface area contributed by atoms with E-state index in [4.69, 9.17) is 0 Å². The molecule has 0 aromatic heterocycles. The van der Waals surface area contributed by atoms with Crippen LogP contribution in [0.15, 0.2) is 48.5 Å². The molecule has 27 heavy (non-hydrogen) atoms. The summed E-state index contributed by atoms with van der Waals surface area (Å²) in [6, 6.07) is 16.7. The average Bonchev–Trinajstić information content (AvgIpc) is 3.23. The molecule has 142 valence electrons. The van der Waals surface area contributed by atoms with E-state index in [0.29, 0.717) is 6.54 Å². The second-order valence-electron chi connectivity index (χ2n) is 7.75. The second-order valence-corrected chi connectivity index (χ2v) is 7.75. The maximum atomic E-state index is 12.5. The zero-order valence-corrected chi connectivity index (χ0v) is 16.2. The number of nitrogens with zero attached hydrogens (tertiary/aromatic N) is 2. The molecule has 4 nitrogen and oxygen atoms in total. The quantitative estimate of drug-likeness (QED) is 0.881. The van der Waals surface area contributed by atoms with Crippen LogP contribution < -0.4 is 10.2 Å². The minimum absolute atomic E-state index is 0.0116. The maximum absolute atomic E-state index is 12.5. The fraction of sp³-hybridized carbons (Fsp3) is 0.435. The van der Waals surface area contributed by atoms with Gasteiger partial charge in [-0.1, -0.05) is 30.3 Å². The van der Waals surface area contributed by atoms with Gasteiger partial charge in [-0.15, -0.1) is 0 Å². The highest BCUT2D eigenvalue weighted by molar-refractivity contribution is 5.94. The number of amides is 1. The lowest BCUT2D eigenvalue weighted by Gasteiger charge is -2.32. The van der Waals surface area contributed by atoms with Gasteiger partial charge in [0.05, 0.1) is 6.04 Å². The number of hydrogen-bond donors (Lipinski definition) is 1. The molecule has 2 aliphatic rings. The van der Waals surface area contributed by atoms with Gasteiger partial charge in [-0.2, -0.15) is 0 Å². The van der Waals surface area contributed by atoms with Gasteiger partial charge < -0.3 is 10.2 Å². The van der Waals surface area contributed by atoms with Crippen molar-refractivity contribution in [2.75, 3.05) is 38.1 Å². The molecule has 1 amide bonds. The fourth-order valence-electron chi connectivity index (χ4n) is 4.40. The number of hydrogen-bond acceptors (Lipinski definition) is 3. The molecule has 2 aliphatic heterocycles. The SMILES string of the molecule is CN1CCCc2cc([C@H](CNC(=O)c3ccccc3)N3CCCC3)ccc21. The number of likely N-dealkylation sites (tertiary alicyclic amines) is 1. The average molecular weight is 364 g/mol. The highest BCUT2D eigenvalue weighted by atomic mass is 16.1. The Morgan fingerprint density at radius 2 is 1.81 bits per heavy atom. The predicted octanol–water partition coefficient (Wildman–Crippen LogP) is 3.64. The lowest BCUT2D eigenvalue weighted by Crippen LogP contribution is -2.37. The van der Waals surface area contributed by atoms with E-state index < -0.39 is 0 Å². The number of rotatable bonds is 5. The van der Waals surface area contributed by atoms with E-state index in [1.165, 1.54) is 36.1 Å². The highest BCUT2D eigenvalue weighted by Crippen LogP contribution is 2.31. The summed E-state index contributed by atoms with van der Waals surface area (Å²) in [5, 5.41) is 3.17. The standard InChI is InChI=1S/C23H29N3O/c1-25-13-7-10-19-16-20(11-12-21(19)25)22(26-14-5-6-15-26)17-24-23(27)18-8-3-2-4-9-18/h2-4,8-9,11-12,16,22H,5-7,10,13-15,17H2,1H3,(H,24,27)/t22-/m0/s1. The third-order valence-corrected chi connectivity index (χ3v) is 5.91. The summed E-state index contributed by atoms with van der Waals surface area (Å²) in [5.74, 6) is 0.0116. The van der Waals surface area contributed by atoms with E-state index in [9.17, 15) is 4.79 Å². The Hall–Kier alpha value is -2.33. The predicted molar refractivity (Wildman–Crippen MR) is 110 cm³/mol. The molecule has 0 aliphatic carbocycles. The fourth-order valence-corrected chi connectivity index (χ4v) is 4.40. The molecule has 0 radical (unpaired) electrons. The first-order valence-corrected chi connectivity index (χ1v) is 10.1. The first-order chi connectivity index (χ1) is 13.2. The van der Waals surface area contributed by atoms with Crippen molar-refractivity contribution in [3.8, 4) is 0 Å². The molecule has 1 atom stereocenters. The summed E-state index contributed by atoms with van der Waals surface area (Å²) < 4.78 is 0. The number of aryl methyl sites for hydroxylation is 1. The number of carbonyl (C=O) groups is 1. The third kappa shape index (κ3) is 4.01. The molecular weight excluding hydrogens is 334 g/mol. The number of anilines is 1. The van der Waals surface area contributed by atoms with E-state index in [2.05, 4.69) is 40.4 Å². The van der Waals surface area contributed by atoms with Crippen LogP contribution in [0.25, 0.3) is 0 Å². The van der Waals surface area contributed by atoms with E-state index in [1.807, 2.05) is 30.3 Å². The van der Waals surface area contributed by atoms with Crippen LogP contribution in [0, 0.1) is 0 Å². The summed E-state index contributed by atoms with van der Waals surface area (Å²) in [5.41, 5.74) is 4.86. The first-order valence-electron chi connectivity index (χ1n) is 10.1. The topological polar surface area (TPSA) is 35.6 Å². The van der Waals surface area contributed by atoms with Crippen molar-refractivity contribution in [3.63, 3.8) is 0 Å². The first kappa shape index (κ1) is 18.1. The molecule has 0 unspecified atom stereocenters. The summed E-state index contributed by atoms with van der Waals surface area (Å²) in [6.07, 6.45) is 4.86. The molecule has 2 aromatic carbocycles. The zero-order chi connectivity index (χ0) is 18.6. The van der Waals surface area contributed by atoms with Gasteiger partial charge in [0.15, 0.2) is 0 Å². The van der Waals surface area contributed by atoms with Gasteiger partial charge in [-0.3, -0.25) is 9.69 Å². The van der Waals surface area contributed by atoms with Crippen molar-refractivity contribution in [2.24, 2.45) is 0 Å². The molecule has 1 N–H and O–H groups in total. The van der Waals surface area contributed by atoms with Crippen molar-refractivity contribution in [3.05, 3.63) is 65.2 Å². The second kappa shape index (κ2) is 8.13. The monoisotopic (exact) mass is 363 g/mol. The van der Waals surface area contributed by atoms with Gasteiger partial charge in [0.2, 0.25) is 0 Å². The van der Waals surface area contributed by atoms with Crippen molar-refractivity contribution in [1.82, 2.24) is 10.2 Å². The molecule has 4 rings (SSSR count). The summed E-state index contributed by atoms with van der Waals surface area (Å²) in [7, 11) is 2.18. The summed E-state index contributed by atoms with van der Waals surface area (Å²) in [6.45, 7) is 4.02. The van der Waals surface area contributed by atoms with Crippen LogP contribution in [-0.2, 0) is 6.42 Å². The van der Waals surface area contributed by atoms with Crippen molar-refractivity contribution >= 4 is 11.6 Å². The van der Waals surface area contributed by atoms with Crippen LogP contribution in [0.5, 0.6) is 0 Å². The van der Waals surface area contributed by atoms with Gasteiger partial charge in [0.1, 0.15) is 0 Å². The lowest BCUT2D eigenvalue weighted by atomic mass is 9.96. The van der Waals surface area contributed by atoms with E-state index >= 15 is 0 Å². The molecular formula is C23H29N3O. The molecule has 1 fully saturated rings. The normalized spacial score (nSPS) is 18.2. The van der Waals surface area contributed by atoms with Crippen LogP contribution in [0.3, 0.4) is 0 Å². The van der Waals surface area contributed by atoms with Crippen molar-refractivity contribution < 1.29 is 4.79 Å². The van der Waals surface area contributed by atoms with E-state index in [-0.39, 0.29) is 11.9 Å². The van der Waals surface area contributed by atoms with Gasteiger partial charge in [0, 0.05) is 31.4 Å².